The number of nitrogens with two attached hydrogens (primary N) is 2. The van der Waals surface area contributed by atoms with E-state index in [9.17, 15) is 0 Å². The number of nitrogen functional groups attached to an aromatic ring is 2. The fourth-order valence-corrected chi connectivity index (χ4v) is 1.53. The number of hydrogen-bond donors (Lipinski definition) is 2. The molecule has 0 bridgehead atoms. The Kier molecular flexibility index (Phi) is 2.63. The fraction of sp³-hybridized carbons (Fsp3) is 0.0833. The first-order valence-electron chi connectivity index (χ1n) is 5.02. The molecule has 0 radical (unpaired) electrons. The summed E-state index contributed by atoms with van der Waals surface area (Å²) in [5, 5.41) is 9.06. The molecule has 0 atom stereocenters. The van der Waals surface area contributed by atoms with Crippen LogP contribution in [-0.2, 0) is 0 Å². The lowest BCUT2D eigenvalue weighted by Gasteiger charge is -2.06. The maximum Gasteiger partial charge on any atom is 0.222 e. The summed E-state index contributed by atoms with van der Waals surface area (Å²) < 4.78 is 0. The molecule has 1 aromatic heterocycles. The Balaban J connectivity index is 2.66. The lowest BCUT2D eigenvalue weighted by Crippen LogP contribution is -2.04. The van der Waals surface area contributed by atoms with Gasteiger partial charge in [-0.15, -0.1) is 0 Å². The van der Waals surface area contributed by atoms with Crippen molar-refractivity contribution in [3.05, 3.63) is 35.4 Å². The zero-order chi connectivity index (χ0) is 12.4. The van der Waals surface area contributed by atoms with Crippen LogP contribution in [0.1, 0.15) is 11.1 Å². The number of anilines is 2. The average molecular weight is 225 g/mol. The molecule has 0 aliphatic heterocycles. The summed E-state index contributed by atoms with van der Waals surface area (Å²) in [7, 11) is 0. The number of aryl methyl sites for hydroxylation is 1. The first kappa shape index (κ1) is 10.9. The molecule has 84 valence electrons. The molecule has 2 aromatic rings. The summed E-state index contributed by atoms with van der Waals surface area (Å²) in [6.45, 7) is 1.98. The minimum absolute atomic E-state index is 0.0667. The predicted molar refractivity (Wildman–Crippen MR) is 65.7 cm³/mol. The first-order valence-corrected chi connectivity index (χ1v) is 5.02. The molecule has 0 aliphatic rings. The molecular formula is C12H11N5. The quantitative estimate of drug-likeness (QED) is 0.765. The Morgan fingerprint density at radius 3 is 2.35 bits per heavy atom. The van der Waals surface area contributed by atoms with Crippen LogP contribution in [0.4, 0.5) is 11.8 Å². The smallest absolute Gasteiger partial charge is 0.222 e. The van der Waals surface area contributed by atoms with Gasteiger partial charge in [0.2, 0.25) is 5.95 Å². The van der Waals surface area contributed by atoms with Crippen LogP contribution in [-0.4, -0.2) is 9.97 Å². The number of nitrogens with zero attached hydrogens (tertiary/aromatic N) is 3. The third-order valence-corrected chi connectivity index (χ3v) is 2.39. The van der Waals surface area contributed by atoms with Gasteiger partial charge in [0, 0.05) is 5.56 Å². The van der Waals surface area contributed by atoms with E-state index in [1.165, 1.54) is 0 Å². The van der Waals surface area contributed by atoms with Gasteiger partial charge in [0.25, 0.3) is 0 Å². The minimum atomic E-state index is 0.0667. The topological polar surface area (TPSA) is 102 Å². The highest BCUT2D eigenvalue weighted by Gasteiger charge is 2.12. The van der Waals surface area contributed by atoms with Crippen molar-refractivity contribution in [1.29, 1.82) is 5.26 Å². The first-order chi connectivity index (χ1) is 8.11. The number of rotatable bonds is 1. The monoisotopic (exact) mass is 225 g/mol. The maximum absolute atomic E-state index is 9.06. The number of nitriles is 1. The summed E-state index contributed by atoms with van der Waals surface area (Å²) in [6.07, 6.45) is 0. The van der Waals surface area contributed by atoms with E-state index in [1.807, 2.05) is 37.3 Å². The third kappa shape index (κ3) is 2.01. The molecule has 0 fully saturated rings. The van der Waals surface area contributed by atoms with Gasteiger partial charge in [0.05, 0.1) is 5.69 Å². The lowest BCUT2D eigenvalue weighted by molar-refractivity contribution is 1.18. The summed E-state index contributed by atoms with van der Waals surface area (Å²) in [4.78, 5) is 7.84. The Morgan fingerprint density at radius 2 is 1.76 bits per heavy atom. The number of benzene rings is 1. The molecule has 0 amide bonds. The molecule has 0 saturated heterocycles. The van der Waals surface area contributed by atoms with Crippen LogP contribution in [0.2, 0.25) is 0 Å². The van der Waals surface area contributed by atoms with Crippen molar-refractivity contribution < 1.29 is 0 Å². The third-order valence-electron chi connectivity index (χ3n) is 2.39. The summed E-state index contributed by atoms with van der Waals surface area (Å²) >= 11 is 0. The Labute approximate surface area is 98.7 Å². The van der Waals surface area contributed by atoms with Crippen LogP contribution in [0, 0.1) is 18.3 Å². The molecule has 1 heterocycles. The van der Waals surface area contributed by atoms with Crippen LogP contribution in [0.5, 0.6) is 0 Å². The maximum atomic E-state index is 9.06. The van der Waals surface area contributed by atoms with E-state index in [1.54, 1.807) is 0 Å². The van der Waals surface area contributed by atoms with Gasteiger partial charge in [0.15, 0.2) is 0 Å². The van der Waals surface area contributed by atoms with Gasteiger partial charge < -0.3 is 11.5 Å². The molecule has 0 saturated carbocycles. The van der Waals surface area contributed by atoms with Gasteiger partial charge >= 0.3 is 0 Å². The zero-order valence-electron chi connectivity index (χ0n) is 9.31. The van der Waals surface area contributed by atoms with E-state index in [-0.39, 0.29) is 17.3 Å². The van der Waals surface area contributed by atoms with Crippen LogP contribution >= 0.6 is 0 Å². The summed E-state index contributed by atoms with van der Waals surface area (Å²) in [6, 6.07) is 9.61. The highest BCUT2D eigenvalue weighted by molar-refractivity contribution is 5.73. The second-order valence-electron chi connectivity index (χ2n) is 3.67. The second kappa shape index (κ2) is 4.10. The van der Waals surface area contributed by atoms with Crippen molar-refractivity contribution in [3.63, 3.8) is 0 Å². The van der Waals surface area contributed by atoms with Crippen molar-refractivity contribution in [2.24, 2.45) is 0 Å². The van der Waals surface area contributed by atoms with Crippen molar-refractivity contribution in [1.82, 2.24) is 9.97 Å². The molecule has 5 heteroatoms. The molecular weight excluding hydrogens is 214 g/mol. The zero-order valence-corrected chi connectivity index (χ0v) is 9.31. The van der Waals surface area contributed by atoms with Gasteiger partial charge in [-0.25, -0.2) is 4.98 Å². The molecule has 0 aliphatic carbocycles. The molecule has 0 unspecified atom stereocenters. The Hall–Kier alpha value is -2.61. The minimum Gasteiger partial charge on any atom is -0.382 e. The SMILES string of the molecule is Cc1ccc(-c2nc(N)nc(N)c2C#N)cc1. The molecule has 0 spiro atoms. The van der Waals surface area contributed by atoms with Crippen LogP contribution in [0.15, 0.2) is 24.3 Å². The van der Waals surface area contributed by atoms with Crippen LogP contribution in [0.3, 0.4) is 0 Å². The highest BCUT2D eigenvalue weighted by Crippen LogP contribution is 2.25. The van der Waals surface area contributed by atoms with Crippen molar-refractivity contribution >= 4 is 11.8 Å². The molecule has 17 heavy (non-hydrogen) atoms. The molecule has 5 nitrogen and oxygen atoms in total. The summed E-state index contributed by atoms with van der Waals surface area (Å²) in [5.74, 6) is 0.174. The molecule has 4 N–H and O–H groups in total. The lowest BCUT2D eigenvalue weighted by atomic mass is 10.1. The van der Waals surface area contributed by atoms with Gasteiger partial charge in [-0.05, 0) is 6.92 Å². The normalized spacial score (nSPS) is 9.88. The standard InChI is InChI=1S/C12H11N5/c1-7-2-4-8(5-3-7)10-9(6-13)11(14)17-12(15)16-10/h2-5H,1H3,(H4,14,15,16,17). The van der Waals surface area contributed by atoms with Crippen LogP contribution in [0.25, 0.3) is 11.3 Å². The Morgan fingerprint density at radius 1 is 1.12 bits per heavy atom. The van der Waals surface area contributed by atoms with Gasteiger partial charge in [-0.1, -0.05) is 29.8 Å². The van der Waals surface area contributed by atoms with Crippen molar-refractivity contribution in [3.8, 4) is 17.3 Å². The predicted octanol–water partition coefficient (Wildman–Crippen LogP) is 1.49. The van der Waals surface area contributed by atoms with Gasteiger partial charge in [-0.2, -0.15) is 10.2 Å². The van der Waals surface area contributed by atoms with E-state index >= 15 is 0 Å². The fourth-order valence-electron chi connectivity index (χ4n) is 1.53. The Bertz CT molecular complexity index is 596. The largest absolute Gasteiger partial charge is 0.382 e. The summed E-state index contributed by atoms with van der Waals surface area (Å²) in [5.41, 5.74) is 13.8. The average Bonchev–Trinajstić information content (AvgIpc) is 2.29. The number of hydrogen-bond acceptors (Lipinski definition) is 5. The van der Waals surface area contributed by atoms with E-state index in [2.05, 4.69) is 9.97 Å². The van der Waals surface area contributed by atoms with Crippen LogP contribution < -0.4 is 11.5 Å². The van der Waals surface area contributed by atoms with Crippen molar-refractivity contribution in [2.45, 2.75) is 6.92 Å². The van der Waals surface area contributed by atoms with E-state index in [4.69, 9.17) is 16.7 Å². The van der Waals surface area contributed by atoms with E-state index < -0.39 is 0 Å². The highest BCUT2D eigenvalue weighted by atomic mass is 15.0. The molecule has 2 rings (SSSR count). The van der Waals surface area contributed by atoms with Gasteiger partial charge in [0.1, 0.15) is 17.5 Å². The second-order valence-corrected chi connectivity index (χ2v) is 3.67. The van der Waals surface area contributed by atoms with Gasteiger partial charge in [-0.3, -0.25) is 0 Å². The molecule has 1 aromatic carbocycles. The number of aromatic nitrogens is 2. The van der Waals surface area contributed by atoms with Crippen molar-refractivity contribution in [2.75, 3.05) is 11.5 Å². The van der Waals surface area contributed by atoms with E-state index in [0.29, 0.717) is 5.69 Å². The van der Waals surface area contributed by atoms with E-state index in [0.717, 1.165) is 11.1 Å².